The minimum Gasteiger partial charge on any atom is -0.375 e. The topological polar surface area (TPSA) is 93.2 Å². The van der Waals surface area contributed by atoms with Crippen molar-refractivity contribution in [3.63, 3.8) is 0 Å². The Morgan fingerprint density at radius 2 is 1.97 bits per heavy atom. The molecule has 3 heterocycles. The highest BCUT2D eigenvalue weighted by Gasteiger charge is 2.24. The van der Waals surface area contributed by atoms with Crippen molar-refractivity contribution in [2.45, 2.75) is 6.54 Å². The number of aromatic nitrogens is 2. The number of amides is 1. The first-order valence-corrected chi connectivity index (χ1v) is 10.1. The summed E-state index contributed by atoms with van der Waals surface area (Å²) < 4.78 is 7.01. The molecule has 0 radical (unpaired) electrons. The van der Waals surface area contributed by atoms with Crippen LogP contribution in [0.1, 0.15) is 5.69 Å². The van der Waals surface area contributed by atoms with Gasteiger partial charge in [-0.15, -0.1) is 11.3 Å². The van der Waals surface area contributed by atoms with Gasteiger partial charge in [0.1, 0.15) is 6.61 Å². The fourth-order valence-corrected chi connectivity index (χ4v) is 4.27. The number of fused-ring (bicyclic) bond motifs is 1. The first-order chi connectivity index (χ1) is 14.1. The van der Waals surface area contributed by atoms with Crippen LogP contribution in [0.4, 0.5) is 5.69 Å². The van der Waals surface area contributed by atoms with Crippen molar-refractivity contribution in [1.82, 2.24) is 19.2 Å². The molecule has 0 unspecified atom stereocenters. The van der Waals surface area contributed by atoms with Crippen LogP contribution in [0.3, 0.4) is 0 Å². The van der Waals surface area contributed by atoms with E-state index in [0.29, 0.717) is 19.6 Å². The zero-order valence-electron chi connectivity index (χ0n) is 16.0. The van der Waals surface area contributed by atoms with Crippen LogP contribution in [0.25, 0.3) is 16.2 Å². The number of piperazine rings is 1. The molecule has 1 aliphatic rings. The lowest BCUT2D eigenvalue weighted by molar-refractivity contribution is -0.384. The molecular formula is C19H21N5O4S. The van der Waals surface area contributed by atoms with Crippen LogP contribution < -0.4 is 0 Å². The minimum atomic E-state index is -0.402. The maximum absolute atomic E-state index is 12.0. The highest BCUT2D eigenvalue weighted by atomic mass is 32.1. The number of non-ortho nitro benzene ring substituents is 1. The molecule has 4 rings (SSSR count). The molecule has 0 saturated carbocycles. The predicted molar refractivity (Wildman–Crippen MR) is 109 cm³/mol. The fourth-order valence-electron chi connectivity index (χ4n) is 3.54. The van der Waals surface area contributed by atoms with Gasteiger partial charge in [0.25, 0.3) is 5.69 Å². The van der Waals surface area contributed by atoms with Gasteiger partial charge in [-0.2, -0.15) is 0 Å². The van der Waals surface area contributed by atoms with E-state index in [4.69, 9.17) is 9.72 Å². The van der Waals surface area contributed by atoms with Crippen molar-refractivity contribution in [2.24, 2.45) is 0 Å². The van der Waals surface area contributed by atoms with Crippen LogP contribution in [0.2, 0.25) is 0 Å². The number of ether oxygens (including phenoxy) is 1. The van der Waals surface area contributed by atoms with Crippen molar-refractivity contribution in [3.8, 4) is 11.3 Å². The number of thiazole rings is 1. The van der Waals surface area contributed by atoms with E-state index in [1.807, 2.05) is 16.5 Å². The minimum absolute atomic E-state index is 0.0169. The average Bonchev–Trinajstić information content (AvgIpc) is 3.31. The maximum atomic E-state index is 12.0. The fraction of sp³-hybridized carbons (Fsp3) is 0.368. The highest BCUT2D eigenvalue weighted by molar-refractivity contribution is 7.15. The summed E-state index contributed by atoms with van der Waals surface area (Å²) in [5.41, 5.74) is 2.81. The molecule has 1 saturated heterocycles. The van der Waals surface area contributed by atoms with E-state index in [1.54, 1.807) is 23.5 Å². The van der Waals surface area contributed by atoms with E-state index in [0.717, 1.165) is 35.0 Å². The summed E-state index contributed by atoms with van der Waals surface area (Å²) in [6.07, 6.45) is 2.00. The van der Waals surface area contributed by atoms with Crippen molar-refractivity contribution < 1.29 is 14.5 Å². The lowest BCUT2D eigenvalue weighted by atomic mass is 10.1. The second kappa shape index (κ2) is 8.27. The van der Waals surface area contributed by atoms with Crippen LogP contribution in [-0.4, -0.2) is 69.9 Å². The second-order valence-electron chi connectivity index (χ2n) is 6.86. The number of nitro groups is 1. The summed E-state index contributed by atoms with van der Waals surface area (Å²) in [6.45, 7) is 3.68. The second-order valence-corrected chi connectivity index (χ2v) is 7.73. The van der Waals surface area contributed by atoms with Crippen molar-refractivity contribution >= 4 is 27.9 Å². The van der Waals surface area contributed by atoms with Gasteiger partial charge in [0, 0.05) is 69.1 Å². The lowest BCUT2D eigenvalue weighted by Gasteiger charge is -2.34. The van der Waals surface area contributed by atoms with E-state index in [-0.39, 0.29) is 18.2 Å². The zero-order chi connectivity index (χ0) is 20.4. The summed E-state index contributed by atoms with van der Waals surface area (Å²) in [7, 11) is 1.53. The Morgan fingerprint density at radius 3 is 2.62 bits per heavy atom. The quantitative estimate of drug-likeness (QED) is 0.453. The molecule has 10 heteroatoms. The zero-order valence-corrected chi connectivity index (χ0v) is 16.8. The highest BCUT2D eigenvalue weighted by Crippen LogP contribution is 2.29. The van der Waals surface area contributed by atoms with Gasteiger partial charge in [0.2, 0.25) is 5.91 Å². The van der Waals surface area contributed by atoms with Gasteiger partial charge in [0.15, 0.2) is 4.96 Å². The summed E-state index contributed by atoms with van der Waals surface area (Å²) in [6, 6.07) is 6.50. The van der Waals surface area contributed by atoms with Gasteiger partial charge in [-0.05, 0) is 12.1 Å². The first kappa shape index (κ1) is 19.5. The molecule has 0 aliphatic carbocycles. The van der Waals surface area contributed by atoms with Gasteiger partial charge < -0.3 is 9.64 Å². The molecule has 0 atom stereocenters. The number of hydrogen-bond donors (Lipinski definition) is 0. The summed E-state index contributed by atoms with van der Waals surface area (Å²) >= 11 is 1.56. The molecule has 9 nitrogen and oxygen atoms in total. The Kier molecular flexibility index (Phi) is 5.56. The van der Waals surface area contributed by atoms with Crippen molar-refractivity contribution in [3.05, 3.63) is 51.7 Å². The van der Waals surface area contributed by atoms with E-state index in [9.17, 15) is 14.9 Å². The van der Waals surface area contributed by atoms with Gasteiger partial charge in [-0.1, -0.05) is 0 Å². The third-order valence-electron chi connectivity index (χ3n) is 5.08. The Labute approximate surface area is 171 Å². The van der Waals surface area contributed by atoms with E-state index in [1.165, 1.54) is 19.2 Å². The van der Waals surface area contributed by atoms with Crippen LogP contribution in [-0.2, 0) is 16.1 Å². The molecule has 0 bridgehead atoms. The SMILES string of the molecule is COCC(=O)N1CCN(Cc2c(-c3ccc([N+](=O)[O-])cc3)nc3sccn23)CC1. The Morgan fingerprint density at radius 1 is 1.24 bits per heavy atom. The number of carbonyl (C=O) groups excluding carboxylic acids is 1. The first-order valence-electron chi connectivity index (χ1n) is 9.25. The largest absolute Gasteiger partial charge is 0.375 e. The Hall–Kier alpha value is -2.82. The molecular weight excluding hydrogens is 394 g/mol. The number of benzene rings is 1. The van der Waals surface area contributed by atoms with Crippen LogP contribution >= 0.6 is 11.3 Å². The summed E-state index contributed by atoms with van der Waals surface area (Å²) in [5.74, 6) is 0.0169. The Bertz CT molecular complexity index is 1020. The summed E-state index contributed by atoms with van der Waals surface area (Å²) in [5, 5.41) is 12.9. The number of nitro benzene ring substituents is 1. The molecule has 2 aromatic heterocycles. The lowest BCUT2D eigenvalue weighted by Crippen LogP contribution is -2.49. The number of nitrogens with zero attached hydrogens (tertiary/aromatic N) is 5. The smallest absolute Gasteiger partial charge is 0.269 e. The van der Waals surface area contributed by atoms with E-state index in [2.05, 4.69) is 9.30 Å². The van der Waals surface area contributed by atoms with Gasteiger partial charge in [0.05, 0.1) is 16.3 Å². The molecule has 0 N–H and O–H groups in total. The van der Waals surface area contributed by atoms with Crippen molar-refractivity contribution in [2.75, 3.05) is 39.9 Å². The van der Waals surface area contributed by atoms with Crippen molar-refractivity contribution in [1.29, 1.82) is 0 Å². The summed E-state index contributed by atoms with van der Waals surface area (Å²) in [4.78, 5) is 32.3. The molecule has 0 spiro atoms. The molecule has 1 amide bonds. The number of imidazole rings is 1. The molecule has 3 aromatic rings. The third-order valence-corrected chi connectivity index (χ3v) is 5.84. The molecule has 152 valence electrons. The molecule has 1 fully saturated rings. The monoisotopic (exact) mass is 415 g/mol. The number of hydrogen-bond acceptors (Lipinski definition) is 7. The maximum Gasteiger partial charge on any atom is 0.269 e. The van der Waals surface area contributed by atoms with E-state index >= 15 is 0 Å². The van der Waals surface area contributed by atoms with E-state index < -0.39 is 4.92 Å². The van der Waals surface area contributed by atoms with Crippen LogP contribution in [0, 0.1) is 10.1 Å². The molecule has 1 aromatic carbocycles. The Balaban J connectivity index is 1.55. The van der Waals surface area contributed by atoms with Crippen LogP contribution in [0.5, 0.6) is 0 Å². The van der Waals surface area contributed by atoms with Gasteiger partial charge in [-0.3, -0.25) is 24.2 Å². The number of methoxy groups -OCH3 is 1. The van der Waals surface area contributed by atoms with Crippen LogP contribution in [0.15, 0.2) is 35.8 Å². The number of rotatable bonds is 6. The number of carbonyl (C=O) groups is 1. The standard InChI is InChI=1S/C19H21N5O4S/c1-28-13-17(25)22-8-6-21(7-9-22)12-16-18(20-19-23(16)10-11-29-19)14-2-4-15(5-3-14)24(26)27/h2-5,10-11H,6-9,12-13H2,1H3. The molecule has 29 heavy (non-hydrogen) atoms. The average molecular weight is 415 g/mol. The predicted octanol–water partition coefficient (Wildman–Crippen LogP) is 2.26. The van der Waals surface area contributed by atoms with Gasteiger partial charge >= 0.3 is 0 Å². The normalized spacial score (nSPS) is 15.1. The van der Waals surface area contributed by atoms with Gasteiger partial charge in [-0.25, -0.2) is 4.98 Å². The third kappa shape index (κ3) is 4.00. The molecule has 1 aliphatic heterocycles.